The average Bonchev–Trinajstić information content (AvgIpc) is 2.07. The Morgan fingerprint density at radius 3 is 2.15 bits per heavy atom. The molecule has 0 spiro atoms. The van der Waals surface area contributed by atoms with Gasteiger partial charge >= 0.3 is 74.1 Å². The van der Waals surface area contributed by atoms with Gasteiger partial charge in [-0.3, -0.25) is 0 Å². The summed E-state index contributed by atoms with van der Waals surface area (Å²) in [7, 11) is 0. The van der Waals surface area contributed by atoms with Gasteiger partial charge in [-0.1, -0.05) is 13.8 Å². The number of halogens is 1. The van der Waals surface area contributed by atoms with Gasteiger partial charge in [-0.05, 0) is 0 Å². The number of allylic oxidation sites excluding steroid dienone is 3. The fourth-order valence-corrected chi connectivity index (χ4v) is 0.478. The van der Waals surface area contributed by atoms with E-state index in [0.29, 0.717) is 0 Å². The van der Waals surface area contributed by atoms with Gasteiger partial charge < -0.3 is 0 Å². The minimum atomic E-state index is -0.637. The van der Waals surface area contributed by atoms with Gasteiger partial charge in [0.2, 0.25) is 0 Å². The van der Waals surface area contributed by atoms with Crippen LogP contribution in [-0.2, 0) is 21.8 Å². The van der Waals surface area contributed by atoms with Crippen molar-refractivity contribution in [3.63, 3.8) is 0 Å². The Morgan fingerprint density at radius 2 is 1.92 bits per heavy atom. The molecule has 0 heterocycles. The molecule has 0 atom stereocenters. The van der Waals surface area contributed by atoms with Crippen LogP contribution in [-0.4, -0.2) is 9.97 Å². The summed E-state index contributed by atoms with van der Waals surface area (Å²) in [5, 5.41) is -0.637. The standard InChI is InChI=1S/C7H5ClO.C2H6.U.V/c1-5(2)4-6(3)7(8)9;1-2;;/h3-4H,1H3;1-2H3;;/q-2;;;/b5-4-;;;. The van der Waals surface area contributed by atoms with E-state index in [4.69, 9.17) is 18.2 Å². The third-order valence-electron chi connectivity index (χ3n) is 0.775. The van der Waals surface area contributed by atoms with Crippen molar-refractivity contribution >= 4 is 21.6 Å². The van der Waals surface area contributed by atoms with Gasteiger partial charge in [0.05, 0.1) is 0 Å². The topological polar surface area (TPSA) is 17.1 Å². The van der Waals surface area contributed by atoms with E-state index < -0.39 is 5.24 Å². The summed E-state index contributed by atoms with van der Waals surface area (Å²) in [5.41, 5.74) is 0.809. The molecule has 0 unspecified atom stereocenters. The van der Waals surface area contributed by atoms with Crippen LogP contribution in [0.25, 0.3) is 0 Å². The fraction of sp³-hybridized carbons (Fsp3) is 0.333. The summed E-state index contributed by atoms with van der Waals surface area (Å²) in [5.74, 6) is 0. The molecule has 0 rings (SSSR count). The first-order valence-electron chi connectivity index (χ1n) is 3.48. The molecule has 0 aromatic rings. The summed E-state index contributed by atoms with van der Waals surface area (Å²) in [6.45, 7) is 11.0. The van der Waals surface area contributed by atoms with Gasteiger partial charge in [-0.25, -0.2) is 0 Å². The SMILES string of the molecule is CC.[CH-]=C(/C=C(/C)[C-]=[V])C(=O)Cl.[U]. The first kappa shape index (κ1) is 19.5. The molecule has 4 heteroatoms. The summed E-state index contributed by atoms with van der Waals surface area (Å²) in [6, 6.07) is 0. The van der Waals surface area contributed by atoms with Crippen LogP contribution >= 0.6 is 11.6 Å². The molecule has 13 heavy (non-hydrogen) atoms. The Labute approximate surface area is 118 Å². The van der Waals surface area contributed by atoms with Crippen molar-refractivity contribution in [1.29, 1.82) is 0 Å². The van der Waals surface area contributed by atoms with E-state index >= 15 is 0 Å². The first-order chi connectivity index (χ1) is 5.57. The average molecular weight is 460 g/mol. The summed E-state index contributed by atoms with van der Waals surface area (Å²) < 4.78 is 2.74. The Morgan fingerprint density at radius 1 is 1.54 bits per heavy atom. The normalized spacial score (nSPS) is 8.69. The fourth-order valence-electron chi connectivity index (χ4n) is 0.322. The van der Waals surface area contributed by atoms with Crippen molar-refractivity contribution in [3.8, 4) is 0 Å². The molecular formula is C9H11ClOUV-2. The second-order valence-corrected chi connectivity index (χ2v) is 2.36. The van der Waals surface area contributed by atoms with Crippen LogP contribution in [0.15, 0.2) is 17.2 Å². The van der Waals surface area contributed by atoms with Crippen molar-refractivity contribution in [2.24, 2.45) is 0 Å². The zero-order valence-electron chi connectivity index (χ0n) is 7.89. The molecule has 71 valence electrons. The van der Waals surface area contributed by atoms with Gasteiger partial charge in [-0.2, -0.15) is 0 Å². The maximum absolute atomic E-state index is 10.3. The molecule has 0 aromatic heterocycles. The van der Waals surface area contributed by atoms with Crippen molar-refractivity contribution < 1.29 is 52.9 Å². The van der Waals surface area contributed by atoms with Crippen LogP contribution in [0.5, 0.6) is 0 Å². The van der Waals surface area contributed by atoms with E-state index in [2.05, 4.69) is 21.7 Å². The van der Waals surface area contributed by atoms with E-state index in [1.54, 1.807) is 6.92 Å². The van der Waals surface area contributed by atoms with Crippen molar-refractivity contribution in [2.45, 2.75) is 20.8 Å². The summed E-state index contributed by atoms with van der Waals surface area (Å²) in [6.07, 6.45) is 1.47. The maximum Gasteiger partial charge on any atom is 0 e. The molecule has 1 nitrogen and oxygen atoms in total. The third kappa shape index (κ3) is 12.9. The molecule has 0 N–H and O–H groups in total. The minimum Gasteiger partial charge on any atom is 0 e. The molecule has 0 aliphatic rings. The Balaban J connectivity index is -0.000000309. The van der Waals surface area contributed by atoms with Gasteiger partial charge in [0.1, 0.15) is 0 Å². The molecule has 0 aliphatic heterocycles. The largest absolute Gasteiger partial charge is 0 e. The smallest absolute Gasteiger partial charge is 0 e. The van der Waals surface area contributed by atoms with Gasteiger partial charge in [0.15, 0.2) is 0 Å². The molecule has 0 saturated carbocycles. The molecular weight excluding hydrogens is 449 g/mol. The summed E-state index contributed by atoms with van der Waals surface area (Å²) in [4.78, 5) is 10.3. The van der Waals surface area contributed by atoms with E-state index in [0.717, 1.165) is 5.57 Å². The molecule has 0 saturated heterocycles. The Kier molecular flexibility index (Phi) is 19.4. The second-order valence-electron chi connectivity index (χ2n) is 1.67. The number of hydrogen-bond acceptors (Lipinski definition) is 1. The van der Waals surface area contributed by atoms with Crippen molar-refractivity contribution in [2.75, 3.05) is 0 Å². The van der Waals surface area contributed by atoms with Gasteiger partial charge in [0, 0.05) is 31.1 Å². The van der Waals surface area contributed by atoms with E-state index in [1.165, 1.54) is 6.08 Å². The predicted octanol–water partition coefficient (Wildman–Crippen LogP) is 2.31. The Hall–Kier alpha value is 0.946. The Bertz CT molecular complexity index is 212. The van der Waals surface area contributed by atoms with E-state index in [9.17, 15) is 4.79 Å². The quantitative estimate of drug-likeness (QED) is 0.274. The van der Waals surface area contributed by atoms with Crippen LogP contribution in [0.3, 0.4) is 0 Å². The van der Waals surface area contributed by atoms with Crippen LogP contribution in [0.2, 0.25) is 0 Å². The van der Waals surface area contributed by atoms with E-state index in [1.807, 2.05) is 13.8 Å². The molecule has 0 aliphatic carbocycles. The second kappa shape index (κ2) is 12.9. The minimum absolute atomic E-state index is 0. The van der Waals surface area contributed by atoms with Crippen LogP contribution < -0.4 is 0 Å². The predicted molar refractivity (Wildman–Crippen MR) is 48.8 cm³/mol. The number of carbonyl (C=O) groups is 1. The van der Waals surface area contributed by atoms with Crippen LogP contribution in [0.4, 0.5) is 0 Å². The monoisotopic (exact) mass is 459 g/mol. The number of rotatable bonds is 3. The van der Waals surface area contributed by atoms with E-state index in [-0.39, 0.29) is 36.7 Å². The third-order valence-corrected chi connectivity index (χ3v) is 1.54. The van der Waals surface area contributed by atoms with Crippen LogP contribution in [0, 0.1) is 37.7 Å². The molecule has 0 amide bonds. The number of hydrogen-bond donors (Lipinski definition) is 0. The van der Waals surface area contributed by atoms with Crippen LogP contribution in [0.1, 0.15) is 20.8 Å². The molecule has 0 bridgehead atoms. The van der Waals surface area contributed by atoms with Gasteiger partial charge in [0.25, 0.3) is 0 Å². The zero-order chi connectivity index (χ0) is 10.1. The zero-order valence-corrected chi connectivity index (χ0v) is 14.2. The van der Waals surface area contributed by atoms with Crippen molar-refractivity contribution in [1.82, 2.24) is 0 Å². The summed E-state index contributed by atoms with van der Waals surface area (Å²) >= 11 is 7.19. The van der Waals surface area contributed by atoms with Gasteiger partial charge in [-0.15, -0.1) is 0 Å². The molecule has 0 aromatic carbocycles. The number of carbonyl (C=O) groups excluding carboxylic acids is 1. The van der Waals surface area contributed by atoms with Crippen molar-refractivity contribution in [3.05, 3.63) is 23.8 Å². The molecule has 0 radical (unpaired) electrons. The maximum atomic E-state index is 10.3. The molecule has 0 fully saturated rings. The first-order valence-corrected chi connectivity index (χ1v) is 4.56.